The van der Waals surface area contributed by atoms with Crippen molar-refractivity contribution in [1.82, 2.24) is 0 Å². The van der Waals surface area contributed by atoms with Gasteiger partial charge in [-0.05, 0) is 35.0 Å². The summed E-state index contributed by atoms with van der Waals surface area (Å²) in [6.07, 6.45) is 0. The van der Waals surface area contributed by atoms with Gasteiger partial charge in [0.15, 0.2) is 5.78 Å². The van der Waals surface area contributed by atoms with Gasteiger partial charge in [0.25, 0.3) is 10.0 Å². The monoisotopic (exact) mass is 387 g/mol. The van der Waals surface area contributed by atoms with E-state index < -0.39 is 10.0 Å². The summed E-state index contributed by atoms with van der Waals surface area (Å²) < 4.78 is 28.2. The van der Waals surface area contributed by atoms with E-state index >= 15 is 0 Å². The van der Waals surface area contributed by atoms with Crippen LogP contribution in [0, 0.1) is 0 Å². The van der Waals surface area contributed by atoms with E-state index in [0.717, 1.165) is 10.8 Å². The maximum absolute atomic E-state index is 12.8. The zero-order chi connectivity index (χ0) is 19.6. The Bertz CT molecular complexity index is 1270. The van der Waals surface area contributed by atoms with E-state index in [4.69, 9.17) is 0 Å². The van der Waals surface area contributed by atoms with E-state index in [1.165, 1.54) is 0 Å². The number of fused-ring (bicyclic) bond motifs is 1. The van der Waals surface area contributed by atoms with Crippen LogP contribution >= 0.6 is 0 Å². The highest BCUT2D eigenvalue weighted by molar-refractivity contribution is 7.92. The Morgan fingerprint density at radius 2 is 1.32 bits per heavy atom. The number of carbonyl (C=O) groups is 1. The van der Waals surface area contributed by atoms with Crippen molar-refractivity contribution in [1.29, 1.82) is 0 Å². The summed E-state index contributed by atoms with van der Waals surface area (Å²) in [6.45, 7) is 0. The van der Waals surface area contributed by atoms with Gasteiger partial charge in [-0.1, -0.05) is 72.8 Å². The molecule has 0 aliphatic rings. The van der Waals surface area contributed by atoms with Crippen molar-refractivity contribution in [2.75, 3.05) is 4.72 Å². The number of ketones is 1. The Morgan fingerprint density at radius 3 is 2.11 bits per heavy atom. The summed E-state index contributed by atoms with van der Waals surface area (Å²) in [6, 6.07) is 27.9. The van der Waals surface area contributed by atoms with Crippen LogP contribution in [-0.4, -0.2) is 14.2 Å². The van der Waals surface area contributed by atoms with Crippen molar-refractivity contribution in [2.45, 2.75) is 4.90 Å². The van der Waals surface area contributed by atoms with E-state index in [1.54, 1.807) is 66.7 Å². The predicted octanol–water partition coefficient (Wildman–Crippen LogP) is 4.87. The SMILES string of the molecule is O=C(c1ccccc1)c1cccc(NS(=O)(=O)c2ccc3ccccc3c2)c1. The third-order valence-electron chi connectivity index (χ3n) is 4.44. The van der Waals surface area contributed by atoms with Crippen LogP contribution in [0.3, 0.4) is 0 Å². The fourth-order valence-electron chi connectivity index (χ4n) is 3.03. The molecule has 0 aliphatic carbocycles. The van der Waals surface area contributed by atoms with Crippen LogP contribution in [0.5, 0.6) is 0 Å². The molecule has 1 N–H and O–H groups in total. The van der Waals surface area contributed by atoms with Gasteiger partial charge in [0.2, 0.25) is 0 Å². The number of benzene rings is 4. The van der Waals surface area contributed by atoms with E-state index in [-0.39, 0.29) is 10.7 Å². The molecule has 0 saturated heterocycles. The molecule has 0 unspecified atom stereocenters. The molecule has 0 amide bonds. The zero-order valence-electron chi connectivity index (χ0n) is 14.9. The summed E-state index contributed by atoms with van der Waals surface area (Å²) in [7, 11) is -3.77. The van der Waals surface area contributed by atoms with Gasteiger partial charge in [0, 0.05) is 16.8 Å². The van der Waals surface area contributed by atoms with Crippen LogP contribution in [0.1, 0.15) is 15.9 Å². The number of nitrogens with one attached hydrogen (secondary N) is 1. The standard InChI is InChI=1S/C23H17NO3S/c25-23(18-8-2-1-3-9-18)20-11-6-12-21(15-20)24-28(26,27)22-14-13-17-7-4-5-10-19(17)16-22/h1-16,24H. The van der Waals surface area contributed by atoms with Gasteiger partial charge in [-0.15, -0.1) is 0 Å². The molecule has 28 heavy (non-hydrogen) atoms. The largest absolute Gasteiger partial charge is 0.289 e. The molecule has 0 fully saturated rings. The number of rotatable bonds is 5. The molecule has 4 nitrogen and oxygen atoms in total. The minimum Gasteiger partial charge on any atom is -0.289 e. The fraction of sp³-hybridized carbons (Fsp3) is 0. The molecular formula is C23H17NO3S. The Balaban J connectivity index is 1.63. The first-order valence-corrected chi connectivity index (χ1v) is 10.2. The number of anilines is 1. The highest BCUT2D eigenvalue weighted by atomic mass is 32.2. The number of hydrogen-bond donors (Lipinski definition) is 1. The van der Waals surface area contributed by atoms with Gasteiger partial charge >= 0.3 is 0 Å². The maximum atomic E-state index is 12.8. The molecule has 0 bridgehead atoms. The molecule has 0 aliphatic heterocycles. The predicted molar refractivity (Wildman–Crippen MR) is 111 cm³/mol. The average molecular weight is 387 g/mol. The zero-order valence-corrected chi connectivity index (χ0v) is 15.7. The molecular weight excluding hydrogens is 370 g/mol. The summed E-state index contributed by atoms with van der Waals surface area (Å²) >= 11 is 0. The first-order chi connectivity index (χ1) is 13.5. The second kappa shape index (κ2) is 7.29. The van der Waals surface area contributed by atoms with E-state index in [0.29, 0.717) is 16.8 Å². The van der Waals surface area contributed by atoms with Gasteiger partial charge in [-0.3, -0.25) is 9.52 Å². The lowest BCUT2D eigenvalue weighted by atomic mass is 10.0. The Kier molecular flexibility index (Phi) is 4.67. The Hall–Kier alpha value is -3.44. The lowest BCUT2D eigenvalue weighted by Gasteiger charge is -2.10. The molecule has 0 aromatic heterocycles. The summed E-state index contributed by atoms with van der Waals surface area (Å²) in [5.41, 5.74) is 1.32. The molecule has 0 atom stereocenters. The highest BCUT2D eigenvalue weighted by Gasteiger charge is 2.16. The lowest BCUT2D eigenvalue weighted by Crippen LogP contribution is -2.13. The van der Waals surface area contributed by atoms with Crippen molar-refractivity contribution in [3.8, 4) is 0 Å². The molecule has 4 aromatic carbocycles. The van der Waals surface area contributed by atoms with Crippen molar-refractivity contribution >= 4 is 32.3 Å². The second-order valence-electron chi connectivity index (χ2n) is 6.39. The highest BCUT2D eigenvalue weighted by Crippen LogP contribution is 2.22. The van der Waals surface area contributed by atoms with Gasteiger partial charge < -0.3 is 0 Å². The van der Waals surface area contributed by atoms with Gasteiger partial charge in [0.05, 0.1) is 4.90 Å². The van der Waals surface area contributed by atoms with Gasteiger partial charge in [0.1, 0.15) is 0 Å². The van der Waals surface area contributed by atoms with Crippen molar-refractivity contribution in [3.05, 3.63) is 108 Å². The first kappa shape index (κ1) is 17.9. The molecule has 138 valence electrons. The smallest absolute Gasteiger partial charge is 0.261 e. The van der Waals surface area contributed by atoms with Crippen LogP contribution in [0.25, 0.3) is 10.8 Å². The number of sulfonamides is 1. The molecule has 4 rings (SSSR count). The quantitative estimate of drug-likeness (QED) is 0.497. The van der Waals surface area contributed by atoms with Crippen molar-refractivity contribution in [2.24, 2.45) is 0 Å². The van der Waals surface area contributed by atoms with E-state index in [1.807, 2.05) is 30.3 Å². The Morgan fingerprint density at radius 1 is 0.643 bits per heavy atom. The maximum Gasteiger partial charge on any atom is 0.261 e. The van der Waals surface area contributed by atoms with Crippen molar-refractivity contribution < 1.29 is 13.2 Å². The third-order valence-corrected chi connectivity index (χ3v) is 5.82. The molecule has 4 aromatic rings. The van der Waals surface area contributed by atoms with Crippen molar-refractivity contribution in [3.63, 3.8) is 0 Å². The fourth-order valence-corrected chi connectivity index (χ4v) is 4.11. The second-order valence-corrected chi connectivity index (χ2v) is 8.07. The Labute approximate surface area is 163 Å². The lowest BCUT2D eigenvalue weighted by molar-refractivity contribution is 0.103. The van der Waals surface area contributed by atoms with E-state index in [9.17, 15) is 13.2 Å². The molecule has 0 saturated carbocycles. The molecule has 0 spiro atoms. The topological polar surface area (TPSA) is 63.2 Å². The van der Waals surface area contributed by atoms with Gasteiger partial charge in [-0.25, -0.2) is 8.42 Å². The average Bonchev–Trinajstić information content (AvgIpc) is 2.73. The molecule has 0 radical (unpaired) electrons. The first-order valence-electron chi connectivity index (χ1n) is 8.74. The van der Waals surface area contributed by atoms with Crippen LogP contribution in [0.2, 0.25) is 0 Å². The van der Waals surface area contributed by atoms with E-state index in [2.05, 4.69) is 4.72 Å². The van der Waals surface area contributed by atoms with Crippen LogP contribution in [0.4, 0.5) is 5.69 Å². The van der Waals surface area contributed by atoms with Gasteiger partial charge in [-0.2, -0.15) is 0 Å². The summed E-state index contributed by atoms with van der Waals surface area (Å²) in [4.78, 5) is 12.8. The number of carbonyl (C=O) groups excluding carboxylic acids is 1. The minimum absolute atomic E-state index is 0.160. The number of hydrogen-bond acceptors (Lipinski definition) is 3. The normalized spacial score (nSPS) is 11.3. The third kappa shape index (κ3) is 3.66. The summed E-state index contributed by atoms with van der Waals surface area (Å²) in [5.74, 6) is -0.160. The van der Waals surface area contributed by atoms with Crippen LogP contribution in [0.15, 0.2) is 102 Å². The van der Waals surface area contributed by atoms with Crippen LogP contribution in [-0.2, 0) is 10.0 Å². The molecule has 0 heterocycles. The minimum atomic E-state index is -3.77. The molecule has 5 heteroatoms. The summed E-state index contributed by atoms with van der Waals surface area (Å²) in [5, 5.41) is 1.82. The van der Waals surface area contributed by atoms with Crippen LogP contribution < -0.4 is 4.72 Å².